The third-order valence-corrected chi connectivity index (χ3v) is 3.09. The van der Waals surface area contributed by atoms with E-state index in [-0.39, 0.29) is 5.82 Å². The van der Waals surface area contributed by atoms with Gasteiger partial charge in [0, 0.05) is 13.2 Å². The number of rotatable bonds is 4. The minimum atomic E-state index is 0.274. The molecule has 5 nitrogen and oxygen atoms in total. The van der Waals surface area contributed by atoms with E-state index >= 15 is 0 Å². The van der Waals surface area contributed by atoms with E-state index < -0.39 is 0 Å². The van der Waals surface area contributed by atoms with Crippen LogP contribution in [0.1, 0.15) is 31.2 Å². The molecule has 5 heteroatoms. The molecule has 1 aliphatic heterocycles. The normalized spacial score (nSPS) is 19.2. The number of nitrogens with zero attached hydrogens (tertiary/aromatic N) is 2. The molecule has 1 unspecified atom stereocenters. The van der Waals surface area contributed by atoms with Gasteiger partial charge in [0.15, 0.2) is 0 Å². The van der Waals surface area contributed by atoms with E-state index in [0.717, 1.165) is 26.0 Å². The number of nitrogens with two attached hydrogens (primary N) is 1. The maximum atomic E-state index is 8.75. The third kappa shape index (κ3) is 3.34. The smallest absolute Gasteiger partial charge is 0.143 e. The molecule has 2 rings (SSSR count). The summed E-state index contributed by atoms with van der Waals surface area (Å²) in [5.74, 6) is 0.985. The van der Waals surface area contributed by atoms with Crippen LogP contribution in [-0.4, -0.2) is 24.2 Å². The van der Waals surface area contributed by atoms with Crippen LogP contribution in [0.4, 0.5) is 11.6 Å². The van der Waals surface area contributed by atoms with E-state index in [9.17, 15) is 0 Å². The number of hydrogen-bond acceptors (Lipinski definition) is 5. The number of nitrogens with one attached hydrogen (secondary N) is 1. The number of anilines is 2. The summed E-state index contributed by atoms with van der Waals surface area (Å²) in [5.41, 5.74) is 6.06. The predicted molar refractivity (Wildman–Crippen MR) is 70.1 cm³/mol. The highest BCUT2D eigenvalue weighted by Crippen LogP contribution is 2.16. The Bertz CT molecular complexity index is 435. The average molecular weight is 246 g/mol. The lowest BCUT2D eigenvalue weighted by atomic mass is 10.1. The molecule has 1 aliphatic rings. The summed E-state index contributed by atoms with van der Waals surface area (Å²) in [6.07, 6.45) is 4.92. The van der Waals surface area contributed by atoms with Gasteiger partial charge in [-0.3, -0.25) is 0 Å². The fraction of sp³-hybridized carbons (Fsp3) is 0.538. The molecule has 1 aromatic heterocycles. The van der Waals surface area contributed by atoms with Crippen LogP contribution in [0.3, 0.4) is 0 Å². The first-order valence-electron chi connectivity index (χ1n) is 6.31. The fourth-order valence-electron chi connectivity index (χ4n) is 2.06. The Kier molecular flexibility index (Phi) is 4.37. The average Bonchev–Trinajstić information content (AvgIpc) is 2.40. The first kappa shape index (κ1) is 12.7. The summed E-state index contributed by atoms with van der Waals surface area (Å²) in [4.78, 5) is 4.13. The third-order valence-electron chi connectivity index (χ3n) is 3.09. The van der Waals surface area contributed by atoms with Crippen molar-refractivity contribution in [1.82, 2.24) is 4.98 Å². The lowest BCUT2D eigenvalue weighted by Crippen LogP contribution is -2.22. The first-order chi connectivity index (χ1) is 8.79. The first-order valence-corrected chi connectivity index (χ1v) is 6.31. The molecule has 1 saturated heterocycles. The van der Waals surface area contributed by atoms with Crippen molar-refractivity contribution in [1.29, 1.82) is 5.26 Å². The molecule has 2 heterocycles. The van der Waals surface area contributed by atoms with Crippen molar-refractivity contribution < 1.29 is 4.74 Å². The predicted octanol–water partition coefficient (Wildman–Crippen LogP) is 1.91. The molecule has 0 amide bonds. The van der Waals surface area contributed by atoms with Gasteiger partial charge >= 0.3 is 0 Å². The Morgan fingerprint density at radius 1 is 1.50 bits per heavy atom. The number of ether oxygens (including phenoxy) is 1. The Balaban J connectivity index is 1.79. The molecule has 1 aromatic rings. The van der Waals surface area contributed by atoms with Crippen molar-refractivity contribution >= 4 is 11.6 Å². The van der Waals surface area contributed by atoms with E-state index in [1.807, 2.05) is 6.07 Å². The SMILES string of the molecule is N#Cc1ccc(NCCC2CCCCO2)nc1N. The van der Waals surface area contributed by atoms with E-state index in [4.69, 9.17) is 15.7 Å². The lowest BCUT2D eigenvalue weighted by Gasteiger charge is -2.22. The van der Waals surface area contributed by atoms with E-state index in [2.05, 4.69) is 10.3 Å². The van der Waals surface area contributed by atoms with Gasteiger partial charge in [-0.15, -0.1) is 0 Å². The molecule has 0 saturated carbocycles. The molecule has 18 heavy (non-hydrogen) atoms. The molecule has 0 aliphatic carbocycles. The van der Waals surface area contributed by atoms with Crippen LogP contribution in [0.5, 0.6) is 0 Å². The van der Waals surface area contributed by atoms with Crippen molar-refractivity contribution in [2.75, 3.05) is 24.2 Å². The van der Waals surface area contributed by atoms with Crippen LogP contribution >= 0.6 is 0 Å². The molecule has 0 radical (unpaired) electrons. The zero-order valence-electron chi connectivity index (χ0n) is 10.4. The van der Waals surface area contributed by atoms with Gasteiger partial charge in [0.05, 0.1) is 11.7 Å². The quantitative estimate of drug-likeness (QED) is 0.847. The van der Waals surface area contributed by atoms with Crippen LogP contribution in [0.15, 0.2) is 12.1 Å². The Morgan fingerprint density at radius 2 is 2.39 bits per heavy atom. The molecule has 1 atom stereocenters. The number of pyridine rings is 1. The highest BCUT2D eigenvalue weighted by Gasteiger charge is 2.13. The van der Waals surface area contributed by atoms with Gasteiger partial charge in [0.1, 0.15) is 17.7 Å². The van der Waals surface area contributed by atoms with Crippen LogP contribution in [0.25, 0.3) is 0 Å². The summed E-state index contributed by atoms with van der Waals surface area (Å²) < 4.78 is 5.65. The van der Waals surface area contributed by atoms with Gasteiger partial charge in [-0.2, -0.15) is 5.26 Å². The second-order valence-electron chi connectivity index (χ2n) is 4.45. The second-order valence-corrected chi connectivity index (χ2v) is 4.45. The number of nitriles is 1. The van der Waals surface area contributed by atoms with Gasteiger partial charge in [-0.1, -0.05) is 0 Å². The summed E-state index contributed by atoms with van der Waals surface area (Å²) in [6.45, 7) is 1.69. The highest BCUT2D eigenvalue weighted by atomic mass is 16.5. The molecule has 0 aromatic carbocycles. The van der Waals surface area contributed by atoms with E-state index in [0.29, 0.717) is 17.5 Å². The summed E-state index contributed by atoms with van der Waals surface area (Å²) >= 11 is 0. The van der Waals surface area contributed by atoms with Gasteiger partial charge in [-0.05, 0) is 37.8 Å². The molecule has 0 spiro atoms. The number of aromatic nitrogens is 1. The van der Waals surface area contributed by atoms with Gasteiger partial charge < -0.3 is 15.8 Å². The Labute approximate surface area is 107 Å². The van der Waals surface area contributed by atoms with Crippen LogP contribution in [-0.2, 0) is 4.74 Å². The topological polar surface area (TPSA) is 84.0 Å². The number of nitrogen functional groups attached to an aromatic ring is 1. The standard InChI is InChI=1S/C13H18N4O/c14-9-10-4-5-12(17-13(10)15)16-7-6-11-3-1-2-8-18-11/h4-5,11H,1-3,6-8H2,(H3,15,16,17). The monoisotopic (exact) mass is 246 g/mol. The molecule has 3 N–H and O–H groups in total. The summed E-state index contributed by atoms with van der Waals surface area (Å²) in [7, 11) is 0. The Hall–Kier alpha value is -1.80. The maximum Gasteiger partial charge on any atom is 0.143 e. The van der Waals surface area contributed by atoms with E-state index in [1.54, 1.807) is 12.1 Å². The zero-order valence-corrected chi connectivity index (χ0v) is 10.4. The van der Waals surface area contributed by atoms with Gasteiger partial charge in [0.2, 0.25) is 0 Å². The van der Waals surface area contributed by atoms with Crippen LogP contribution < -0.4 is 11.1 Å². The highest BCUT2D eigenvalue weighted by molar-refractivity contribution is 5.53. The molecular weight excluding hydrogens is 228 g/mol. The Morgan fingerprint density at radius 3 is 3.06 bits per heavy atom. The summed E-state index contributed by atoms with van der Waals surface area (Å²) in [5, 5.41) is 12.0. The molecular formula is C13H18N4O. The van der Waals surface area contributed by atoms with Crippen molar-refractivity contribution in [2.24, 2.45) is 0 Å². The van der Waals surface area contributed by atoms with Crippen molar-refractivity contribution in [3.8, 4) is 6.07 Å². The largest absolute Gasteiger partial charge is 0.383 e. The van der Waals surface area contributed by atoms with Crippen molar-refractivity contribution in [3.05, 3.63) is 17.7 Å². The van der Waals surface area contributed by atoms with Gasteiger partial charge in [0.25, 0.3) is 0 Å². The maximum absolute atomic E-state index is 8.75. The molecule has 96 valence electrons. The van der Waals surface area contributed by atoms with Crippen molar-refractivity contribution in [3.63, 3.8) is 0 Å². The minimum absolute atomic E-state index is 0.274. The molecule has 0 bridgehead atoms. The zero-order chi connectivity index (χ0) is 12.8. The minimum Gasteiger partial charge on any atom is -0.383 e. The van der Waals surface area contributed by atoms with Gasteiger partial charge in [-0.25, -0.2) is 4.98 Å². The van der Waals surface area contributed by atoms with Crippen molar-refractivity contribution in [2.45, 2.75) is 31.8 Å². The van der Waals surface area contributed by atoms with E-state index in [1.165, 1.54) is 12.8 Å². The van der Waals surface area contributed by atoms with Crippen LogP contribution in [0, 0.1) is 11.3 Å². The van der Waals surface area contributed by atoms with Crippen LogP contribution in [0.2, 0.25) is 0 Å². The fourth-order valence-corrected chi connectivity index (χ4v) is 2.06. The molecule has 1 fully saturated rings. The lowest BCUT2D eigenvalue weighted by molar-refractivity contribution is 0.0134. The second kappa shape index (κ2) is 6.22. The number of hydrogen-bond donors (Lipinski definition) is 2. The summed E-state index contributed by atoms with van der Waals surface area (Å²) in [6, 6.07) is 5.45.